The van der Waals surface area contributed by atoms with Crippen LogP contribution in [0.4, 0.5) is 0 Å². The highest BCUT2D eigenvalue weighted by Gasteiger charge is 2.10. The fraction of sp³-hybridized carbons (Fsp3) is 0. The van der Waals surface area contributed by atoms with Gasteiger partial charge in [0, 0.05) is 0 Å². The highest BCUT2D eigenvalue weighted by atomic mass is 79.9. The standard InChI is InChI=1S/C11H6BrClN2S/c12-9-5-4-8(16-9)11-14-6-7-2-1-3-10(13)15(7)11/h1-6H. The molecule has 3 rings (SSSR count). The van der Waals surface area contributed by atoms with E-state index in [9.17, 15) is 0 Å². The number of imidazole rings is 1. The van der Waals surface area contributed by atoms with E-state index in [1.807, 2.05) is 40.9 Å². The summed E-state index contributed by atoms with van der Waals surface area (Å²) in [5, 5.41) is 0.675. The van der Waals surface area contributed by atoms with Crippen LogP contribution >= 0.6 is 38.9 Å². The number of halogens is 2. The van der Waals surface area contributed by atoms with Crippen molar-refractivity contribution >= 4 is 44.4 Å². The number of rotatable bonds is 1. The molecule has 3 aromatic heterocycles. The summed E-state index contributed by atoms with van der Waals surface area (Å²) < 4.78 is 3.03. The van der Waals surface area contributed by atoms with Crippen LogP contribution in [0.1, 0.15) is 0 Å². The van der Waals surface area contributed by atoms with Crippen molar-refractivity contribution in [3.05, 3.63) is 45.5 Å². The number of aromatic nitrogens is 2. The summed E-state index contributed by atoms with van der Waals surface area (Å²) in [4.78, 5) is 5.51. The topological polar surface area (TPSA) is 17.3 Å². The molecule has 0 saturated carbocycles. The van der Waals surface area contributed by atoms with E-state index in [-0.39, 0.29) is 0 Å². The minimum atomic E-state index is 0.675. The first-order valence-electron chi connectivity index (χ1n) is 4.63. The Balaban J connectivity index is 2.32. The van der Waals surface area contributed by atoms with Gasteiger partial charge in [-0.15, -0.1) is 11.3 Å². The highest BCUT2D eigenvalue weighted by molar-refractivity contribution is 9.11. The summed E-state index contributed by atoms with van der Waals surface area (Å²) in [6.45, 7) is 0. The fourth-order valence-corrected chi connectivity index (χ4v) is 3.24. The molecule has 5 heteroatoms. The first-order chi connectivity index (χ1) is 7.75. The summed E-state index contributed by atoms with van der Waals surface area (Å²) in [5.41, 5.74) is 1.01. The first-order valence-corrected chi connectivity index (χ1v) is 6.62. The molecule has 0 atom stereocenters. The van der Waals surface area contributed by atoms with Crippen molar-refractivity contribution in [3.8, 4) is 10.7 Å². The van der Waals surface area contributed by atoms with Crippen molar-refractivity contribution in [2.45, 2.75) is 0 Å². The zero-order valence-corrected chi connectivity index (χ0v) is 11.2. The zero-order chi connectivity index (χ0) is 11.1. The van der Waals surface area contributed by atoms with Crippen LogP contribution in [0.15, 0.2) is 40.3 Å². The molecular formula is C11H6BrClN2S. The summed E-state index contributed by atoms with van der Waals surface area (Å²) in [6.07, 6.45) is 1.83. The third-order valence-corrected chi connectivity index (χ3v) is 4.21. The molecular weight excluding hydrogens is 308 g/mol. The summed E-state index contributed by atoms with van der Waals surface area (Å²) >= 11 is 11.3. The van der Waals surface area contributed by atoms with Crippen molar-refractivity contribution in [3.63, 3.8) is 0 Å². The maximum Gasteiger partial charge on any atom is 0.155 e. The van der Waals surface area contributed by atoms with Crippen LogP contribution in [-0.4, -0.2) is 9.38 Å². The smallest absolute Gasteiger partial charge is 0.155 e. The molecule has 0 aliphatic carbocycles. The summed E-state index contributed by atoms with van der Waals surface area (Å²) in [7, 11) is 0. The Labute approximate surface area is 110 Å². The van der Waals surface area contributed by atoms with Gasteiger partial charge < -0.3 is 0 Å². The Morgan fingerprint density at radius 3 is 2.88 bits per heavy atom. The van der Waals surface area contributed by atoms with Gasteiger partial charge in [0.05, 0.1) is 20.4 Å². The molecule has 0 radical (unpaired) electrons. The molecule has 80 valence electrons. The molecule has 0 amide bonds. The van der Waals surface area contributed by atoms with Crippen LogP contribution in [0.3, 0.4) is 0 Å². The van der Waals surface area contributed by atoms with Gasteiger partial charge in [0.25, 0.3) is 0 Å². The van der Waals surface area contributed by atoms with Crippen molar-refractivity contribution in [1.82, 2.24) is 9.38 Å². The van der Waals surface area contributed by atoms with Crippen LogP contribution in [0, 0.1) is 0 Å². The van der Waals surface area contributed by atoms with E-state index in [0.717, 1.165) is 20.0 Å². The van der Waals surface area contributed by atoms with Crippen LogP contribution in [0.2, 0.25) is 5.15 Å². The van der Waals surface area contributed by atoms with Crippen LogP contribution < -0.4 is 0 Å². The second kappa shape index (κ2) is 3.87. The number of hydrogen-bond acceptors (Lipinski definition) is 2. The second-order valence-corrected chi connectivity index (χ2v) is 6.14. The van der Waals surface area contributed by atoms with E-state index in [1.165, 1.54) is 0 Å². The molecule has 0 bridgehead atoms. The lowest BCUT2D eigenvalue weighted by atomic mass is 10.4. The van der Waals surface area contributed by atoms with Crippen LogP contribution in [0.25, 0.3) is 16.2 Å². The normalized spacial score (nSPS) is 11.1. The molecule has 0 fully saturated rings. The highest BCUT2D eigenvalue weighted by Crippen LogP contribution is 2.32. The monoisotopic (exact) mass is 312 g/mol. The van der Waals surface area contributed by atoms with Gasteiger partial charge in [-0.05, 0) is 40.2 Å². The van der Waals surface area contributed by atoms with Gasteiger partial charge in [-0.3, -0.25) is 4.40 Å². The minimum Gasteiger partial charge on any atom is -0.282 e. The molecule has 0 aromatic carbocycles. The van der Waals surface area contributed by atoms with E-state index in [0.29, 0.717) is 5.15 Å². The van der Waals surface area contributed by atoms with E-state index in [4.69, 9.17) is 11.6 Å². The van der Waals surface area contributed by atoms with Gasteiger partial charge in [-0.1, -0.05) is 17.7 Å². The average Bonchev–Trinajstić information content (AvgIpc) is 2.84. The molecule has 0 unspecified atom stereocenters. The fourth-order valence-electron chi connectivity index (χ4n) is 1.62. The predicted octanol–water partition coefficient (Wildman–Crippen LogP) is 4.48. The number of nitrogens with zero attached hydrogens (tertiary/aromatic N) is 2. The number of thiophene rings is 1. The minimum absolute atomic E-state index is 0.675. The average molecular weight is 314 g/mol. The molecule has 3 aromatic rings. The molecule has 16 heavy (non-hydrogen) atoms. The molecule has 0 saturated heterocycles. The van der Waals surface area contributed by atoms with Gasteiger partial charge in [-0.25, -0.2) is 4.98 Å². The maximum atomic E-state index is 6.18. The number of fused-ring (bicyclic) bond motifs is 1. The Morgan fingerprint density at radius 2 is 2.12 bits per heavy atom. The van der Waals surface area contributed by atoms with Crippen molar-refractivity contribution in [1.29, 1.82) is 0 Å². The SMILES string of the molecule is Clc1cccc2cnc(-c3ccc(Br)s3)n12. The van der Waals surface area contributed by atoms with Gasteiger partial charge in [0.1, 0.15) is 5.15 Å². The Kier molecular flexibility index (Phi) is 2.50. The molecule has 0 N–H and O–H groups in total. The summed E-state index contributed by atoms with van der Waals surface area (Å²) in [6, 6.07) is 9.83. The molecule has 0 aliphatic rings. The van der Waals surface area contributed by atoms with E-state index < -0.39 is 0 Å². The molecule has 2 nitrogen and oxygen atoms in total. The maximum absolute atomic E-state index is 6.18. The second-order valence-electron chi connectivity index (χ2n) is 3.29. The Morgan fingerprint density at radius 1 is 1.25 bits per heavy atom. The Hall–Kier alpha value is -0.840. The molecule has 0 aliphatic heterocycles. The third kappa shape index (κ3) is 1.57. The third-order valence-electron chi connectivity index (χ3n) is 2.30. The zero-order valence-electron chi connectivity index (χ0n) is 8.02. The van der Waals surface area contributed by atoms with Crippen molar-refractivity contribution < 1.29 is 0 Å². The lowest BCUT2D eigenvalue weighted by molar-refractivity contribution is 1.17. The van der Waals surface area contributed by atoms with Crippen molar-refractivity contribution in [2.24, 2.45) is 0 Å². The Bertz CT molecular complexity index is 659. The molecule has 3 heterocycles. The van der Waals surface area contributed by atoms with Gasteiger partial charge in [0.2, 0.25) is 0 Å². The lowest BCUT2D eigenvalue weighted by Gasteiger charge is -2.00. The van der Waals surface area contributed by atoms with E-state index >= 15 is 0 Å². The van der Waals surface area contributed by atoms with Crippen LogP contribution in [0.5, 0.6) is 0 Å². The first kappa shape index (κ1) is 10.3. The van der Waals surface area contributed by atoms with Crippen LogP contribution in [-0.2, 0) is 0 Å². The van der Waals surface area contributed by atoms with E-state index in [2.05, 4.69) is 20.9 Å². The largest absolute Gasteiger partial charge is 0.282 e. The summed E-state index contributed by atoms with van der Waals surface area (Å²) in [5.74, 6) is 0.885. The van der Waals surface area contributed by atoms with Crippen molar-refractivity contribution in [2.75, 3.05) is 0 Å². The van der Waals surface area contributed by atoms with E-state index in [1.54, 1.807) is 11.3 Å². The molecule has 0 spiro atoms. The van der Waals surface area contributed by atoms with Gasteiger partial charge in [0.15, 0.2) is 5.82 Å². The van der Waals surface area contributed by atoms with Gasteiger partial charge >= 0.3 is 0 Å². The quantitative estimate of drug-likeness (QED) is 0.606. The number of hydrogen-bond donors (Lipinski definition) is 0. The number of pyridine rings is 1. The van der Waals surface area contributed by atoms with Gasteiger partial charge in [-0.2, -0.15) is 0 Å². The lowest BCUT2D eigenvalue weighted by Crippen LogP contribution is -1.88. The predicted molar refractivity (Wildman–Crippen MR) is 71.2 cm³/mol.